The molecule has 0 spiro atoms. The normalized spacial score (nSPS) is 12.4. The van der Waals surface area contributed by atoms with E-state index < -0.39 is 0 Å². The van der Waals surface area contributed by atoms with Crippen LogP contribution in [0.4, 0.5) is 0 Å². The number of rotatable bonds is 8. The number of nitrogens with zero attached hydrogens (tertiary/aromatic N) is 2. The first kappa shape index (κ1) is 17.5. The van der Waals surface area contributed by atoms with Gasteiger partial charge in [-0.05, 0) is 61.9 Å². The smallest absolute Gasteiger partial charge is 0.119 e. The molecule has 1 atom stereocenters. The summed E-state index contributed by atoms with van der Waals surface area (Å²) in [4.78, 5) is 4.62. The van der Waals surface area contributed by atoms with E-state index >= 15 is 0 Å². The predicted octanol–water partition coefficient (Wildman–Crippen LogP) is 5.72. The van der Waals surface area contributed by atoms with Crippen LogP contribution in [0.3, 0.4) is 0 Å². The van der Waals surface area contributed by atoms with E-state index in [1.807, 2.05) is 6.07 Å². The van der Waals surface area contributed by atoms with Gasteiger partial charge in [-0.3, -0.25) is 0 Å². The molecule has 0 saturated carbocycles. The average molecular weight is 336 g/mol. The lowest BCUT2D eigenvalue weighted by Crippen LogP contribution is -2.04. The molecule has 25 heavy (non-hydrogen) atoms. The Bertz CT molecular complexity index is 805. The Kier molecular flexibility index (Phi) is 5.75. The molecule has 3 heteroatoms. The Morgan fingerprint density at radius 2 is 1.80 bits per heavy atom. The van der Waals surface area contributed by atoms with Crippen molar-refractivity contribution in [2.45, 2.75) is 52.5 Å². The average Bonchev–Trinajstić information content (AvgIpc) is 2.96. The van der Waals surface area contributed by atoms with Crippen LogP contribution in [0, 0.1) is 6.92 Å². The highest BCUT2D eigenvalue weighted by Gasteiger charge is 2.06. The molecule has 0 aliphatic rings. The van der Waals surface area contributed by atoms with Gasteiger partial charge in [-0.1, -0.05) is 38.1 Å². The minimum Gasteiger partial charge on any atom is -0.494 e. The summed E-state index contributed by atoms with van der Waals surface area (Å²) < 4.78 is 8.19. The summed E-state index contributed by atoms with van der Waals surface area (Å²) >= 11 is 0. The Morgan fingerprint density at radius 1 is 1.04 bits per heavy atom. The zero-order valence-electron chi connectivity index (χ0n) is 15.5. The number of para-hydroxylation sites is 2. The predicted molar refractivity (Wildman–Crippen MR) is 104 cm³/mol. The molecule has 0 amide bonds. The topological polar surface area (TPSA) is 27.1 Å². The number of aryl methyl sites for hydroxylation is 2. The number of benzene rings is 2. The molecule has 1 heterocycles. The van der Waals surface area contributed by atoms with Crippen LogP contribution in [0.25, 0.3) is 11.0 Å². The quantitative estimate of drug-likeness (QED) is 0.492. The lowest BCUT2D eigenvalue weighted by molar-refractivity contribution is 0.303. The van der Waals surface area contributed by atoms with Crippen LogP contribution in [-0.4, -0.2) is 16.2 Å². The van der Waals surface area contributed by atoms with Gasteiger partial charge in [0.05, 0.1) is 17.6 Å². The van der Waals surface area contributed by atoms with E-state index in [9.17, 15) is 0 Å². The molecule has 0 aliphatic heterocycles. The first-order chi connectivity index (χ1) is 12.2. The van der Waals surface area contributed by atoms with Gasteiger partial charge in [0.25, 0.3) is 0 Å². The first-order valence-corrected chi connectivity index (χ1v) is 9.33. The molecule has 3 rings (SSSR count). The molecule has 2 aromatic carbocycles. The Balaban J connectivity index is 1.46. The molecular weight excluding hydrogens is 308 g/mol. The highest BCUT2D eigenvalue weighted by molar-refractivity contribution is 5.75. The van der Waals surface area contributed by atoms with Crippen molar-refractivity contribution in [3.8, 4) is 5.75 Å². The molecule has 0 fully saturated rings. The Labute approximate surface area is 150 Å². The van der Waals surface area contributed by atoms with Crippen molar-refractivity contribution >= 4 is 11.0 Å². The summed E-state index contributed by atoms with van der Waals surface area (Å²) in [5.74, 6) is 2.67. The molecule has 132 valence electrons. The van der Waals surface area contributed by atoms with Crippen molar-refractivity contribution in [1.29, 1.82) is 0 Å². The maximum Gasteiger partial charge on any atom is 0.119 e. The third kappa shape index (κ3) is 4.22. The fraction of sp³-hybridized carbons (Fsp3) is 0.409. The van der Waals surface area contributed by atoms with Gasteiger partial charge < -0.3 is 9.30 Å². The second-order valence-corrected chi connectivity index (χ2v) is 6.73. The van der Waals surface area contributed by atoms with Gasteiger partial charge in [-0.15, -0.1) is 0 Å². The number of unbranched alkanes of at least 4 members (excludes halogenated alkanes) is 1. The highest BCUT2D eigenvalue weighted by atomic mass is 16.5. The van der Waals surface area contributed by atoms with Gasteiger partial charge >= 0.3 is 0 Å². The molecule has 0 saturated heterocycles. The van der Waals surface area contributed by atoms with Crippen LogP contribution in [0.2, 0.25) is 0 Å². The van der Waals surface area contributed by atoms with E-state index in [0.29, 0.717) is 5.92 Å². The van der Waals surface area contributed by atoms with E-state index in [2.05, 4.69) is 72.8 Å². The lowest BCUT2D eigenvalue weighted by Gasteiger charge is -2.11. The molecule has 1 unspecified atom stereocenters. The summed E-state index contributed by atoms with van der Waals surface area (Å²) in [5.41, 5.74) is 3.69. The number of hydrogen-bond donors (Lipinski definition) is 0. The van der Waals surface area contributed by atoms with Crippen LogP contribution in [0.15, 0.2) is 48.5 Å². The van der Waals surface area contributed by atoms with Crippen LogP contribution in [0.5, 0.6) is 5.75 Å². The fourth-order valence-electron chi connectivity index (χ4n) is 3.17. The van der Waals surface area contributed by atoms with Gasteiger partial charge in [-0.25, -0.2) is 4.98 Å². The highest BCUT2D eigenvalue weighted by Crippen LogP contribution is 2.21. The van der Waals surface area contributed by atoms with Crippen molar-refractivity contribution in [2.24, 2.45) is 0 Å². The zero-order chi connectivity index (χ0) is 17.6. The van der Waals surface area contributed by atoms with Gasteiger partial charge in [0.15, 0.2) is 0 Å². The van der Waals surface area contributed by atoms with Gasteiger partial charge in [-0.2, -0.15) is 0 Å². The SMILES string of the molecule is CCC(C)c1ccc(OCCCCn2c(C)nc3ccccc32)cc1. The van der Waals surface area contributed by atoms with E-state index in [1.165, 1.54) is 17.5 Å². The molecule has 0 radical (unpaired) electrons. The van der Waals surface area contributed by atoms with Crippen molar-refractivity contribution in [3.05, 3.63) is 59.9 Å². The van der Waals surface area contributed by atoms with E-state index in [-0.39, 0.29) is 0 Å². The number of hydrogen-bond acceptors (Lipinski definition) is 2. The number of aromatic nitrogens is 2. The summed E-state index contributed by atoms with van der Waals surface area (Å²) in [6, 6.07) is 16.9. The third-order valence-corrected chi connectivity index (χ3v) is 4.95. The van der Waals surface area contributed by atoms with E-state index in [0.717, 1.165) is 43.1 Å². The van der Waals surface area contributed by atoms with E-state index in [1.54, 1.807) is 0 Å². The molecule has 0 N–H and O–H groups in total. The largest absolute Gasteiger partial charge is 0.494 e. The third-order valence-electron chi connectivity index (χ3n) is 4.95. The van der Waals surface area contributed by atoms with Gasteiger partial charge in [0.1, 0.15) is 11.6 Å². The maximum absolute atomic E-state index is 5.89. The second-order valence-electron chi connectivity index (χ2n) is 6.73. The minimum atomic E-state index is 0.613. The molecule has 1 aromatic heterocycles. The Morgan fingerprint density at radius 3 is 2.56 bits per heavy atom. The monoisotopic (exact) mass is 336 g/mol. The molecule has 0 bridgehead atoms. The fourth-order valence-corrected chi connectivity index (χ4v) is 3.17. The van der Waals surface area contributed by atoms with Crippen molar-refractivity contribution in [1.82, 2.24) is 9.55 Å². The number of ether oxygens (including phenoxy) is 1. The first-order valence-electron chi connectivity index (χ1n) is 9.33. The number of fused-ring (bicyclic) bond motifs is 1. The Hall–Kier alpha value is -2.29. The molecular formula is C22H28N2O. The number of imidazole rings is 1. The summed E-state index contributed by atoms with van der Waals surface area (Å²) in [7, 11) is 0. The lowest BCUT2D eigenvalue weighted by atomic mass is 9.99. The standard InChI is InChI=1S/C22H28N2O/c1-4-17(2)19-11-13-20(14-12-19)25-16-8-7-15-24-18(3)23-21-9-5-6-10-22(21)24/h5-6,9-14,17H,4,7-8,15-16H2,1-3H3. The van der Waals surface area contributed by atoms with Crippen LogP contribution in [0.1, 0.15) is 50.4 Å². The second kappa shape index (κ2) is 8.19. The molecule has 3 nitrogen and oxygen atoms in total. The van der Waals surface area contributed by atoms with E-state index in [4.69, 9.17) is 4.74 Å². The molecule has 0 aliphatic carbocycles. The zero-order valence-corrected chi connectivity index (χ0v) is 15.5. The van der Waals surface area contributed by atoms with Gasteiger partial charge in [0.2, 0.25) is 0 Å². The molecule has 3 aromatic rings. The van der Waals surface area contributed by atoms with Crippen LogP contribution in [-0.2, 0) is 6.54 Å². The summed E-state index contributed by atoms with van der Waals surface area (Å²) in [6.07, 6.45) is 3.30. The van der Waals surface area contributed by atoms with Gasteiger partial charge in [0, 0.05) is 6.54 Å². The minimum absolute atomic E-state index is 0.613. The van der Waals surface area contributed by atoms with Crippen molar-refractivity contribution < 1.29 is 4.74 Å². The van der Waals surface area contributed by atoms with Crippen LogP contribution >= 0.6 is 0 Å². The summed E-state index contributed by atoms with van der Waals surface area (Å²) in [6.45, 7) is 8.31. The van der Waals surface area contributed by atoms with Crippen molar-refractivity contribution in [2.75, 3.05) is 6.61 Å². The summed E-state index contributed by atoms with van der Waals surface area (Å²) in [5, 5.41) is 0. The van der Waals surface area contributed by atoms with Crippen LogP contribution < -0.4 is 4.74 Å². The van der Waals surface area contributed by atoms with Crippen molar-refractivity contribution in [3.63, 3.8) is 0 Å². The maximum atomic E-state index is 5.89.